The Morgan fingerprint density at radius 1 is 0.912 bits per heavy atom. The first-order valence-electron chi connectivity index (χ1n) is 11.4. The molecule has 1 atom stereocenters. The van der Waals surface area contributed by atoms with Crippen LogP contribution in [0, 0.1) is 0 Å². The Bertz CT molecular complexity index is 1080. The Morgan fingerprint density at radius 3 is 2.21 bits per heavy atom. The van der Waals surface area contributed by atoms with Gasteiger partial charge in [-0.1, -0.05) is 66.2 Å². The molecule has 6 heteroatoms. The minimum Gasteiger partial charge on any atom is -0.497 e. The van der Waals surface area contributed by atoms with Crippen LogP contribution in [-0.2, 0) is 29.0 Å². The number of nitrogens with zero attached hydrogens (tertiary/aromatic N) is 1. The van der Waals surface area contributed by atoms with Crippen molar-refractivity contribution in [2.75, 3.05) is 7.11 Å². The Morgan fingerprint density at radius 2 is 1.59 bits per heavy atom. The third-order valence-corrected chi connectivity index (χ3v) is 5.69. The van der Waals surface area contributed by atoms with Gasteiger partial charge >= 0.3 is 0 Å². The summed E-state index contributed by atoms with van der Waals surface area (Å²) in [5.41, 5.74) is 2.70. The lowest BCUT2D eigenvalue weighted by molar-refractivity contribution is -0.141. The number of carbonyl (C=O) groups excluding carboxylic acids is 2. The molecule has 3 rings (SSSR count). The minimum absolute atomic E-state index is 0.0458. The summed E-state index contributed by atoms with van der Waals surface area (Å²) in [5, 5.41) is 3.59. The molecule has 0 saturated heterocycles. The van der Waals surface area contributed by atoms with Crippen molar-refractivity contribution in [2.45, 2.75) is 45.3 Å². The quantitative estimate of drug-likeness (QED) is 0.443. The fourth-order valence-corrected chi connectivity index (χ4v) is 4.00. The van der Waals surface area contributed by atoms with Gasteiger partial charge in [0, 0.05) is 24.0 Å². The highest BCUT2D eigenvalue weighted by molar-refractivity contribution is 6.30. The zero-order chi connectivity index (χ0) is 24.5. The molecule has 1 N–H and O–H groups in total. The molecule has 0 aromatic heterocycles. The lowest BCUT2D eigenvalue weighted by Crippen LogP contribution is -2.52. The predicted molar refractivity (Wildman–Crippen MR) is 136 cm³/mol. The zero-order valence-electron chi connectivity index (χ0n) is 19.8. The second-order valence-corrected chi connectivity index (χ2v) is 8.98. The van der Waals surface area contributed by atoms with Crippen molar-refractivity contribution in [2.24, 2.45) is 0 Å². The summed E-state index contributed by atoms with van der Waals surface area (Å²) >= 11 is 6.21. The molecule has 0 heterocycles. The first-order valence-corrected chi connectivity index (χ1v) is 11.7. The largest absolute Gasteiger partial charge is 0.497 e. The maximum Gasteiger partial charge on any atom is 0.243 e. The molecule has 0 saturated carbocycles. The van der Waals surface area contributed by atoms with Gasteiger partial charge in [0.25, 0.3) is 0 Å². The van der Waals surface area contributed by atoms with Gasteiger partial charge in [-0.05, 0) is 54.8 Å². The lowest BCUT2D eigenvalue weighted by Gasteiger charge is -2.32. The van der Waals surface area contributed by atoms with Gasteiger partial charge in [-0.3, -0.25) is 9.59 Å². The molecule has 0 spiro atoms. The minimum atomic E-state index is -0.672. The third kappa shape index (κ3) is 7.35. The fourth-order valence-electron chi connectivity index (χ4n) is 3.79. The van der Waals surface area contributed by atoms with E-state index in [4.69, 9.17) is 16.3 Å². The van der Waals surface area contributed by atoms with Crippen molar-refractivity contribution in [3.05, 3.63) is 101 Å². The molecule has 3 aromatic rings. The zero-order valence-corrected chi connectivity index (χ0v) is 20.6. The Balaban J connectivity index is 1.95. The van der Waals surface area contributed by atoms with Gasteiger partial charge in [0.15, 0.2) is 0 Å². The van der Waals surface area contributed by atoms with Crippen LogP contribution in [-0.4, -0.2) is 35.9 Å². The van der Waals surface area contributed by atoms with Gasteiger partial charge in [-0.25, -0.2) is 0 Å². The summed E-state index contributed by atoms with van der Waals surface area (Å²) in [6.07, 6.45) is 0.582. The molecule has 0 radical (unpaired) electrons. The van der Waals surface area contributed by atoms with E-state index in [9.17, 15) is 9.59 Å². The van der Waals surface area contributed by atoms with Crippen molar-refractivity contribution >= 4 is 23.4 Å². The van der Waals surface area contributed by atoms with E-state index >= 15 is 0 Å². The van der Waals surface area contributed by atoms with Crippen LogP contribution in [0.4, 0.5) is 0 Å². The Labute approximate surface area is 206 Å². The molecule has 0 aliphatic heterocycles. The highest BCUT2D eigenvalue weighted by atomic mass is 35.5. The van der Waals surface area contributed by atoms with Crippen LogP contribution in [0.2, 0.25) is 5.02 Å². The van der Waals surface area contributed by atoms with Crippen molar-refractivity contribution in [3.63, 3.8) is 0 Å². The number of rotatable bonds is 10. The third-order valence-electron chi connectivity index (χ3n) is 5.46. The molecule has 0 bridgehead atoms. The average molecular weight is 479 g/mol. The van der Waals surface area contributed by atoms with Gasteiger partial charge in [-0.2, -0.15) is 0 Å². The number of benzene rings is 3. The summed E-state index contributed by atoms with van der Waals surface area (Å²) in [6, 6.07) is 23.8. The van der Waals surface area contributed by atoms with Crippen molar-refractivity contribution < 1.29 is 14.3 Å². The number of carbonyl (C=O) groups is 2. The van der Waals surface area contributed by atoms with E-state index in [0.717, 1.165) is 22.4 Å². The standard InChI is InChI=1S/C28H31ClN2O3/c1-20(2)30-28(33)26(17-21-8-5-4-6-9-21)31(19-23-10-7-11-24(29)16-23)27(32)18-22-12-14-25(34-3)15-13-22/h4-16,20,26H,17-19H2,1-3H3,(H,30,33)/t26-/m0/s1. The van der Waals surface area contributed by atoms with Gasteiger partial charge in [0.1, 0.15) is 11.8 Å². The van der Waals surface area contributed by atoms with E-state index < -0.39 is 6.04 Å². The maximum atomic E-state index is 13.7. The number of amides is 2. The topological polar surface area (TPSA) is 58.6 Å². The van der Waals surface area contributed by atoms with Gasteiger partial charge in [0.05, 0.1) is 13.5 Å². The van der Waals surface area contributed by atoms with Crippen LogP contribution in [0.5, 0.6) is 5.75 Å². The van der Waals surface area contributed by atoms with E-state index in [1.807, 2.05) is 86.6 Å². The molecule has 0 fully saturated rings. The number of hydrogen-bond donors (Lipinski definition) is 1. The lowest BCUT2D eigenvalue weighted by atomic mass is 10.0. The van der Waals surface area contributed by atoms with E-state index in [2.05, 4.69) is 5.32 Å². The van der Waals surface area contributed by atoms with E-state index in [0.29, 0.717) is 11.4 Å². The van der Waals surface area contributed by atoms with E-state index in [1.54, 1.807) is 18.1 Å². The fraction of sp³-hybridized carbons (Fsp3) is 0.286. The molecule has 0 aliphatic carbocycles. The van der Waals surface area contributed by atoms with Crippen LogP contribution in [0.15, 0.2) is 78.9 Å². The Kier molecular flexibility index (Phi) is 9.11. The second kappa shape index (κ2) is 12.2. The van der Waals surface area contributed by atoms with Crippen LogP contribution < -0.4 is 10.1 Å². The Hall–Kier alpha value is -3.31. The summed E-state index contributed by atoms with van der Waals surface area (Å²) in [6.45, 7) is 4.11. The highest BCUT2D eigenvalue weighted by Gasteiger charge is 2.30. The molecule has 0 aliphatic rings. The first-order chi connectivity index (χ1) is 16.4. The molecular weight excluding hydrogens is 448 g/mol. The summed E-state index contributed by atoms with van der Waals surface area (Å²) in [4.78, 5) is 28.7. The van der Waals surface area contributed by atoms with Gasteiger partial charge in [0.2, 0.25) is 11.8 Å². The number of ether oxygens (including phenoxy) is 1. The van der Waals surface area contributed by atoms with Crippen LogP contribution in [0.3, 0.4) is 0 Å². The second-order valence-electron chi connectivity index (χ2n) is 8.55. The van der Waals surface area contributed by atoms with Gasteiger partial charge < -0.3 is 15.0 Å². The SMILES string of the molecule is COc1ccc(CC(=O)N(Cc2cccc(Cl)c2)[C@@H](Cc2ccccc2)C(=O)NC(C)C)cc1. The number of methoxy groups -OCH3 is 1. The molecule has 5 nitrogen and oxygen atoms in total. The average Bonchev–Trinajstić information content (AvgIpc) is 2.82. The molecule has 2 amide bonds. The molecule has 34 heavy (non-hydrogen) atoms. The normalized spacial score (nSPS) is 11.7. The summed E-state index contributed by atoms with van der Waals surface area (Å²) in [7, 11) is 1.61. The molecular formula is C28H31ClN2O3. The maximum absolute atomic E-state index is 13.7. The van der Waals surface area contributed by atoms with Crippen LogP contribution in [0.1, 0.15) is 30.5 Å². The molecule has 3 aromatic carbocycles. The molecule has 0 unspecified atom stereocenters. The van der Waals surface area contributed by atoms with Crippen LogP contribution >= 0.6 is 11.6 Å². The van der Waals surface area contributed by atoms with E-state index in [1.165, 1.54) is 0 Å². The van der Waals surface area contributed by atoms with Crippen molar-refractivity contribution in [1.29, 1.82) is 0 Å². The number of nitrogens with one attached hydrogen (secondary N) is 1. The summed E-state index contributed by atoms with van der Waals surface area (Å²) < 4.78 is 5.22. The van der Waals surface area contributed by atoms with Gasteiger partial charge in [-0.15, -0.1) is 0 Å². The smallest absolute Gasteiger partial charge is 0.243 e. The number of halogens is 1. The van der Waals surface area contributed by atoms with Crippen LogP contribution in [0.25, 0.3) is 0 Å². The number of hydrogen-bond acceptors (Lipinski definition) is 3. The van der Waals surface area contributed by atoms with Crippen molar-refractivity contribution in [1.82, 2.24) is 10.2 Å². The first kappa shape index (κ1) is 25.3. The summed E-state index contributed by atoms with van der Waals surface area (Å²) in [5.74, 6) is 0.416. The monoisotopic (exact) mass is 478 g/mol. The predicted octanol–water partition coefficient (Wildman–Crippen LogP) is 5.06. The van der Waals surface area contributed by atoms with Crippen molar-refractivity contribution in [3.8, 4) is 5.75 Å². The highest BCUT2D eigenvalue weighted by Crippen LogP contribution is 2.19. The molecule has 178 valence electrons. The van der Waals surface area contributed by atoms with E-state index in [-0.39, 0.29) is 30.8 Å².